The van der Waals surface area contributed by atoms with E-state index in [1.165, 1.54) is 6.07 Å². The van der Waals surface area contributed by atoms with Crippen LogP contribution < -0.4 is 0 Å². The maximum atomic E-state index is 11.5. The highest BCUT2D eigenvalue weighted by Crippen LogP contribution is 2.35. The van der Waals surface area contributed by atoms with E-state index in [-0.39, 0.29) is 5.02 Å². The van der Waals surface area contributed by atoms with Gasteiger partial charge in [0.2, 0.25) is 5.78 Å². The maximum absolute atomic E-state index is 11.5. The fraction of sp³-hybridized carbons (Fsp3) is 0.300. The van der Waals surface area contributed by atoms with E-state index >= 15 is 0 Å². The van der Waals surface area contributed by atoms with Gasteiger partial charge in [-0.1, -0.05) is 69.6 Å². The molecule has 0 fully saturated rings. The monoisotopic (exact) mass is 380 g/mol. The lowest BCUT2D eigenvalue weighted by atomic mass is 10.2. The van der Waals surface area contributed by atoms with Crippen molar-refractivity contribution in [2.24, 2.45) is 10.2 Å². The van der Waals surface area contributed by atoms with Crippen molar-refractivity contribution in [2.45, 2.75) is 16.2 Å². The zero-order valence-electron chi connectivity index (χ0n) is 9.30. The molecule has 1 rings (SSSR count). The molecule has 0 amide bonds. The van der Waals surface area contributed by atoms with Crippen molar-refractivity contribution in [3.8, 4) is 0 Å². The van der Waals surface area contributed by atoms with Gasteiger partial charge in [-0.3, -0.25) is 4.79 Å². The highest BCUT2D eigenvalue weighted by molar-refractivity contribution is 6.66. The average molecular weight is 383 g/mol. The lowest BCUT2D eigenvalue weighted by molar-refractivity contribution is -0.118. The summed E-state index contributed by atoms with van der Waals surface area (Å²) in [4.78, 5) is 10.1. The molecule has 0 unspecified atom stereocenters. The van der Waals surface area contributed by atoms with E-state index in [0.717, 1.165) is 0 Å². The molecule has 1 aromatic rings. The van der Waals surface area contributed by atoms with Gasteiger partial charge in [0.25, 0.3) is 4.46 Å². The first-order valence-electron chi connectivity index (χ1n) is 4.74. The lowest BCUT2D eigenvalue weighted by Crippen LogP contribution is -2.28. The zero-order chi connectivity index (χ0) is 14.8. The quantitative estimate of drug-likeness (QED) is 0.363. The van der Waals surface area contributed by atoms with E-state index in [0.29, 0.717) is 16.3 Å². The first-order chi connectivity index (χ1) is 8.65. The number of carbonyl (C=O) groups excluding carboxylic acids is 1. The predicted molar refractivity (Wildman–Crippen MR) is 80.7 cm³/mol. The Bertz CT molecular complexity index is 506. The third-order valence-corrected chi connectivity index (χ3v) is 3.42. The number of rotatable bonds is 4. The van der Waals surface area contributed by atoms with Crippen molar-refractivity contribution < 1.29 is 4.79 Å². The van der Waals surface area contributed by atoms with Crippen LogP contribution in [0.1, 0.15) is 5.56 Å². The first kappa shape index (κ1) is 17.3. The number of ketones is 1. The van der Waals surface area contributed by atoms with Crippen molar-refractivity contribution in [1.29, 1.82) is 0 Å². The van der Waals surface area contributed by atoms with Gasteiger partial charge in [-0.2, -0.15) is 5.11 Å². The predicted octanol–water partition coefficient (Wildman–Crippen LogP) is 5.89. The van der Waals surface area contributed by atoms with Gasteiger partial charge in [0, 0.05) is 5.02 Å². The standard InChI is InChI=1S/C10H6Cl6N2O/c1-4-2-5(11)3-6(12)7(4)17-18-10(15,16)8(19)9(13)14/h2-3,9H,1H3/b18-17+. The van der Waals surface area contributed by atoms with E-state index in [4.69, 9.17) is 69.6 Å². The normalized spacial score (nSPS) is 12.4. The minimum Gasteiger partial charge on any atom is -0.291 e. The molecule has 19 heavy (non-hydrogen) atoms. The number of azo groups is 1. The Labute approximate surface area is 139 Å². The summed E-state index contributed by atoms with van der Waals surface area (Å²) in [6, 6.07) is 3.10. The van der Waals surface area contributed by atoms with E-state index in [9.17, 15) is 4.79 Å². The molecule has 0 atom stereocenters. The van der Waals surface area contributed by atoms with E-state index in [1.54, 1.807) is 13.0 Å². The molecular formula is C10H6Cl6N2O. The largest absolute Gasteiger partial charge is 0.291 e. The molecule has 0 bridgehead atoms. The van der Waals surface area contributed by atoms with Gasteiger partial charge in [-0.15, -0.1) is 5.11 Å². The van der Waals surface area contributed by atoms with Crippen LogP contribution >= 0.6 is 69.6 Å². The molecule has 0 heterocycles. The van der Waals surface area contributed by atoms with Gasteiger partial charge in [0.05, 0.1) is 5.02 Å². The molecule has 3 nitrogen and oxygen atoms in total. The summed E-state index contributed by atoms with van der Waals surface area (Å²) >= 11 is 33.9. The van der Waals surface area contributed by atoms with Crippen LogP contribution in [0.15, 0.2) is 22.4 Å². The number of carbonyl (C=O) groups is 1. The zero-order valence-corrected chi connectivity index (χ0v) is 13.8. The Balaban J connectivity index is 3.09. The fourth-order valence-corrected chi connectivity index (χ4v) is 2.58. The molecule has 0 aliphatic heterocycles. The Hall–Kier alpha value is 0.230. The van der Waals surface area contributed by atoms with Gasteiger partial charge < -0.3 is 0 Å². The molecule has 0 aliphatic rings. The smallest absolute Gasteiger partial charge is 0.289 e. The summed E-state index contributed by atoms with van der Waals surface area (Å²) in [6.45, 7) is 1.71. The molecular weight excluding hydrogens is 377 g/mol. The van der Waals surface area contributed by atoms with Crippen LogP contribution in [0.5, 0.6) is 0 Å². The number of aryl methyl sites for hydroxylation is 1. The molecule has 9 heteroatoms. The van der Waals surface area contributed by atoms with Crippen LogP contribution in [0.2, 0.25) is 10.0 Å². The van der Waals surface area contributed by atoms with Crippen LogP contribution in [-0.4, -0.2) is 15.1 Å². The summed E-state index contributed by atoms with van der Waals surface area (Å²) in [6.07, 6.45) is 0. The number of Topliss-reactive ketones (excluding diaryl/α,β-unsaturated/α-hetero) is 1. The van der Waals surface area contributed by atoms with Crippen molar-refractivity contribution in [1.82, 2.24) is 0 Å². The molecule has 0 aliphatic carbocycles. The topological polar surface area (TPSA) is 41.8 Å². The SMILES string of the molecule is Cc1cc(Cl)cc(Cl)c1/N=N/C(Cl)(Cl)C(=O)C(Cl)Cl. The van der Waals surface area contributed by atoms with Crippen molar-refractivity contribution in [2.75, 3.05) is 0 Å². The van der Waals surface area contributed by atoms with E-state index < -0.39 is 15.1 Å². The Morgan fingerprint density at radius 3 is 2.32 bits per heavy atom. The maximum Gasteiger partial charge on any atom is 0.289 e. The molecule has 0 aromatic heterocycles. The molecule has 0 N–H and O–H groups in total. The number of alkyl halides is 4. The van der Waals surface area contributed by atoms with Gasteiger partial charge in [-0.05, 0) is 24.6 Å². The second kappa shape index (κ2) is 6.79. The highest BCUT2D eigenvalue weighted by atomic mass is 35.5. The summed E-state index contributed by atoms with van der Waals surface area (Å²) in [5, 5.41) is 7.96. The number of hydrogen-bond donors (Lipinski definition) is 0. The van der Waals surface area contributed by atoms with Gasteiger partial charge in [0.15, 0.2) is 4.84 Å². The Morgan fingerprint density at radius 2 is 1.84 bits per heavy atom. The molecule has 0 saturated carbocycles. The molecule has 0 saturated heterocycles. The molecule has 104 valence electrons. The second-order valence-electron chi connectivity index (χ2n) is 3.46. The lowest BCUT2D eigenvalue weighted by Gasteiger charge is -2.12. The van der Waals surface area contributed by atoms with Crippen LogP contribution in [0.25, 0.3) is 0 Å². The third kappa shape index (κ3) is 4.62. The number of benzene rings is 1. The minimum atomic E-state index is -2.18. The summed E-state index contributed by atoms with van der Waals surface area (Å²) < 4.78 is -2.18. The second-order valence-corrected chi connectivity index (χ2v) is 6.69. The number of nitrogens with zero attached hydrogens (tertiary/aromatic N) is 2. The molecule has 0 radical (unpaired) electrons. The molecule has 1 aromatic carbocycles. The van der Waals surface area contributed by atoms with Crippen LogP contribution in [0, 0.1) is 6.92 Å². The first-order valence-corrected chi connectivity index (χ1v) is 7.12. The van der Waals surface area contributed by atoms with E-state index in [1.807, 2.05) is 0 Å². The van der Waals surface area contributed by atoms with Gasteiger partial charge in [0.1, 0.15) is 5.69 Å². The van der Waals surface area contributed by atoms with E-state index in [2.05, 4.69) is 10.2 Å². The van der Waals surface area contributed by atoms with Gasteiger partial charge in [-0.25, -0.2) is 0 Å². The van der Waals surface area contributed by atoms with Crippen LogP contribution in [0.4, 0.5) is 5.69 Å². The van der Waals surface area contributed by atoms with Crippen LogP contribution in [-0.2, 0) is 4.79 Å². The highest BCUT2D eigenvalue weighted by Gasteiger charge is 2.37. The van der Waals surface area contributed by atoms with Crippen molar-refractivity contribution >= 4 is 81.1 Å². The fourth-order valence-electron chi connectivity index (χ4n) is 1.11. The van der Waals surface area contributed by atoms with Gasteiger partial charge >= 0.3 is 0 Å². The summed E-state index contributed by atoms with van der Waals surface area (Å²) in [5.74, 6) is -0.898. The van der Waals surface area contributed by atoms with Crippen molar-refractivity contribution in [3.63, 3.8) is 0 Å². The number of hydrogen-bond acceptors (Lipinski definition) is 3. The third-order valence-electron chi connectivity index (χ3n) is 1.99. The summed E-state index contributed by atoms with van der Waals surface area (Å²) in [5.41, 5.74) is 0.941. The minimum absolute atomic E-state index is 0.249. The van der Waals surface area contributed by atoms with Crippen LogP contribution in [0.3, 0.4) is 0 Å². The Kier molecular flexibility index (Phi) is 6.18. The summed E-state index contributed by atoms with van der Waals surface area (Å²) in [7, 11) is 0. The molecule has 0 spiro atoms. The Morgan fingerprint density at radius 1 is 1.26 bits per heavy atom. The average Bonchev–Trinajstić information content (AvgIpc) is 2.26. The van der Waals surface area contributed by atoms with Crippen molar-refractivity contribution in [3.05, 3.63) is 27.7 Å². The number of halogens is 6.